The van der Waals surface area contributed by atoms with Crippen LogP contribution in [0.3, 0.4) is 0 Å². The van der Waals surface area contributed by atoms with Gasteiger partial charge in [0.15, 0.2) is 5.96 Å². The molecule has 0 aliphatic carbocycles. The molecule has 0 aromatic heterocycles. The number of likely N-dealkylation sites (tertiary alicyclic amines) is 1. The maximum atomic E-state index is 6.10. The van der Waals surface area contributed by atoms with Crippen LogP contribution in [0.4, 0.5) is 0 Å². The summed E-state index contributed by atoms with van der Waals surface area (Å²) in [5, 5.41) is 3.51. The molecule has 6 nitrogen and oxygen atoms in total. The Morgan fingerprint density at radius 1 is 1.16 bits per heavy atom. The first-order valence-electron chi connectivity index (χ1n) is 9.61. The lowest BCUT2D eigenvalue weighted by molar-refractivity contribution is -0.0721. The Balaban J connectivity index is 0.00000225. The molecule has 3 heterocycles. The fourth-order valence-electron chi connectivity index (χ4n) is 3.73. The zero-order valence-corrected chi connectivity index (χ0v) is 17.8. The summed E-state index contributed by atoms with van der Waals surface area (Å²) in [6.07, 6.45) is 7.62. The molecular formula is C18H34IN3O3. The van der Waals surface area contributed by atoms with Gasteiger partial charge in [-0.25, -0.2) is 0 Å². The Morgan fingerprint density at radius 2 is 2.00 bits per heavy atom. The smallest absolute Gasteiger partial charge is 0.193 e. The van der Waals surface area contributed by atoms with Crippen LogP contribution in [0, 0.1) is 5.92 Å². The third-order valence-electron chi connectivity index (χ3n) is 5.32. The number of hydrogen-bond donors (Lipinski definition) is 1. The van der Waals surface area contributed by atoms with Crippen LogP contribution in [0.2, 0.25) is 0 Å². The van der Waals surface area contributed by atoms with Gasteiger partial charge < -0.3 is 24.4 Å². The molecule has 25 heavy (non-hydrogen) atoms. The molecule has 2 unspecified atom stereocenters. The van der Waals surface area contributed by atoms with Gasteiger partial charge in [0.25, 0.3) is 0 Å². The summed E-state index contributed by atoms with van der Waals surface area (Å²) >= 11 is 0. The Kier molecular flexibility index (Phi) is 9.80. The van der Waals surface area contributed by atoms with Crippen LogP contribution >= 0.6 is 24.0 Å². The molecule has 3 saturated heterocycles. The van der Waals surface area contributed by atoms with Gasteiger partial charge in [-0.2, -0.15) is 0 Å². The van der Waals surface area contributed by atoms with Crippen molar-refractivity contribution in [2.24, 2.45) is 10.9 Å². The number of guanidine groups is 1. The second-order valence-electron chi connectivity index (χ2n) is 7.17. The van der Waals surface area contributed by atoms with Gasteiger partial charge in [0, 0.05) is 45.8 Å². The highest BCUT2D eigenvalue weighted by Crippen LogP contribution is 2.18. The highest BCUT2D eigenvalue weighted by Gasteiger charge is 2.24. The summed E-state index contributed by atoms with van der Waals surface area (Å²) in [7, 11) is 1.87. The maximum Gasteiger partial charge on any atom is 0.193 e. The van der Waals surface area contributed by atoms with Crippen molar-refractivity contribution in [1.29, 1.82) is 0 Å². The average molecular weight is 467 g/mol. The number of rotatable bonds is 5. The Morgan fingerprint density at radius 3 is 2.64 bits per heavy atom. The Labute approximate surface area is 169 Å². The van der Waals surface area contributed by atoms with Gasteiger partial charge in [-0.3, -0.25) is 4.99 Å². The molecule has 1 N–H and O–H groups in total. The van der Waals surface area contributed by atoms with E-state index in [0.717, 1.165) is 77.7 Å². The summed E-state index contributed by atoms with van der Waals surface area (Å²) in [6.45, 7) is 6.43. The molecule has 3 rings (SSSR count). The average Bonchev–Trinajstić information content (AvgIpc) is 3.16. The number of nitrogens with one attached hydrogen (secondary N) is 1. The molecule has 146 valence electrons. The van der Waals surface area contributed by atoms with Gasteiger partial charge in [-0.1, -0.05) is 0 Å². The largest absolute Gasteiger partial charge is 0.381 e. The number of ether oxygens (including phenoxy) is 3. The van der Waals surface area contributed by atoms with Gasteiger partial charge in [-0.05, 0) is 38.5 Å². The molecule has 0 spiro atoms. The third kappa shape index (κ3) is 6.84. The van der Waals surface area contributed by atoms with Gasteiger partial charge in [0.1, 0.15) is 0 Å². The van der Waals surface area contributed by atoms with Gasteiger partial charge >= 0.3 is 0 Å². The molecule has 0 aromatic rings. The lowest BCUT2D eigenvalue weighted by Crippen LogP contribution is -2.48. The minimum atomic E-state index is 0. The third-order valence-corrected chi connectivity index (χ3v) is 5.32. The Hall–Kier alpha value is -0.120. The molecule has 3 aliphatic rings. The summed E-state index contributed by atoms with van der Waals surface area (Å²) in [6, 6.07) is 0. The SMILES string of the molecule is CN=C(NCC1CCOC1)N1CCC(OCC2CCCCO2)CC1.I. The van der Waals surface area contributed by atoms with Crippen LogP contribution < -0.4 is 5.32 Å². The first-order valence-corrected chi connectivity index (χ1v) is 9.61. The van der Waals surface area contributed by atoms with Crippen molar-refractivity contribution in [2.75, 3.05) is 53.1 Å². The summed E-state index contributed by atoms with van der Waals surface area (Å²) in [4.78, 5) is 6.80. The summed E-state index contributed by atoms with van der Waals surface area (Å²) in [5.41, 5.74) is 0. The Bertz CT molecular complexity index is 391. The van der Waals surface area contributed by atoms with Crippen molar-refractivity contribution in [3.8, 4) is 0 Å². The number of piperidine rings is 1. The molecule has 0 bridgehead atoms. The van der Waals surface area contributed by atoms with E-state index in [1.807, 2.05) is 7.05 Å². The van der Waals surface area contributed by atoms with Crippen molar-refractivity contribution in [3.63, 3.8) is 0 Å². The summed E-state index contributed by atoms with van der Waals surface area (Å²) in [5.74, 6) is 1.65. The van der Waals surface area contributed by atoms with E-state index in [0.29, 0.717) is 18.1 Å². The molecule has 0 amide bonds. The molecule has 0 radical (unpaired) electrons. The molecule has 0 saturated carbocycles. The topological polar surface area (TPSA) is 55.3 Å². The number of nitrogens with zero attached hydrogens (tertiary/aromatic N) is 2. The monoisotopic (exact) mass is 467 g/mol. The van der Waals surface area contributed by atoms with E-state index in [9.17, 15) is 0 Å². The normalized spacial score (nSPS) is 28.7. The van der Waals surface area contributed by atoms with Crippen molar-refractivity contribution in [2.45, 2.75) is 50.7 Å². The van der Waals surface area contributed by atoms with E-state index in [2.05, 4.69) is 15.2 Å². The van der Waals surface area contributed by atoms with Crippen molar-refractivity contribution < 1.29 is 14.2 Å². The van der Waals surface area contributed by atoms with Crippen LogP contribution in [0.1, 0.15) is 38.5 Å². The molecule has 7 heteroatoms. The zero-order chi connectivity index (χ0) is 16.6. The van der Waals surface area contributed by atoms with E-state index in [1.165, 1.54) is 12.8 Å². The fourth-order valence-corrected chi connectivity index (χ4v) is 3.73. The minimum Gasteiger partial charge on any atom is -0.381 e. The predicted octanol–water partition coefficient (Wildman–Crippen LogP) is 2.27. The van der Waals surface area contributed by atoms with Crippen LogP contribution in [0.15, 0.2) is 4.99 Å². The van der Waals surface area contributed by atoms with E-state index in [1.54, 1.807) is 0 Å². The fraction of sp³-hybridized carbons (Fsp3) is 0.944. The highest BCUT2D eigenvalue weighted by atomic mass is 127. The highest BCUT2D eigenvalue weighted by molar-refractivity contribution is 14.0. The van der Waals surface area contributed by atoms with Crippen LogP contribution in [-0.2, 0) is 14.2 Å². The van der Waals surface area contributed by atoms with Crippen LogP contribution in [0.25, 0.3) is 0 Å². The van der Waals surface area contributed by atoms with Crippen molar-refractivity contribution in [1.82, 2.24) is 10.2 Å². The standard InChI is InChI=1S/C18H33N3O3.HI/c1-19-18(20-12-15-7-11-22-13-15)21-8-5-16(6-9-21)24-14-17-4-2-3-10-23-17;/h15-17H,2-14H2,1H3,(H,19,20);1H. The number of aliphatic imine (C=N–C) groups is 1. The number of halogens is 1. The van der Waals surface area contributed by atoms with E-state index >= 15 is 0 Å². The van der Waals surface area contributed by atoms with Gasteiger partial charge in [0.05, 0.1) is 25.4 Å². The lowest BCUT2D eigenvalue weighted by atomic mass is 10.1. The molecule has 3 fully saturated rings. The molecular weight excluding hydrogens is 433 g/mol. The molecule has 2 atom stereocenters. The minimum absolute atomic E-state index is 0. The summed E-state index contributed by atoms with van der Waals surface area (Å²) < 4.78 is 17.3. The van der Waals surface area contributed by atoms with Crippen LogP contribution in [0.5, 0.6) is 0 Å². The van der Waals surface area contributed by atoms with E-state index in [4.69, 9.17) is 14.2 Å². The lowest BCUT2D eigenvalue weighted by Gasteiger charge is -2.35. The van der Waals surface area contributed by atoms with Crippen molar-refractivity contribution in [3.05, 3.63) is 0 Å². The quantitative estimate of drug-likeness (QED) is 0.382. The van der Waals surface area contributed by atoms with Crippen LogP contribution in [-0.4, -0.2) is 76.2 Å². The predicted molar refractivity (Wildman–Crippen MR) is 110 cm³/mol. The maximum absolute atomic E-state index is 6.10. The number of hydrogen-bond acceptors (Lipinski definition) is 4. The van der Waals surface area contributed by atoms with E-state index < -0.39 is 0 Å². The zero-order valence-electron chi connectivity index (χ0n) is 15.5. The first kappa shape index (κ1) is 21.2. The second-order valence-corrected chi connectivity index (χ2v) is 7.17. The van der Waals surface area contributed by atoms with Crippen molar-refractivity contribution >= 4 is 29.9 Å². The van der Waals surface area contributed by atoms with Gasteiger partial charge in [0.2, 0.25) is 0 Å². The second kappa shape index (κ2) is 11.6. The van der Waals surface area contributed by atoms with Gasteiger partial charge in [-0.15, -0.1) is 24.0 Å². The first-order chi connectivity index (χ1) is 11.8. The van der Waals surface area contributed by atoms with E-state index in [-0.39, 0.29) is 24.0 Å². The molecule has 0 aromatic carbocycles. The molecule has 3 aliphatic heterocycles.